The molecular weight excluding hydrogens is 104 g/mol. The van der Waals surface area contributed by atoms with Crippen molar-refractivity contribution in [2.45, 2.75) is 6.85 Å². The molecule has 0 atom stereocenters. The highest BCUT2D eigenvalue weighted by atomic mass is 16.3. The number of furan rings is 1. The van der Waals surface area contributed by atoms with Gasteiger partial charge in [-0.3, -0.25) is 4.79 Å². The minimum Gasteiger partial charge on any atom is -0.459 e. The third-order valence-electron chi connectivity index (χ3n) is 0.743. The fourth-order valence-corrected chi connectivity index (χ4v) is 0.416. The molecule has 0 unspecified atom stereocenters. The van der Waals surface area contributed by atoms with Crippen molar-refractivity contribution in [2.75, 3.05) is 0 Å². The van der Waals surface area contributed by atoms with Crippen LogP contribution in [0.5, 0.6) is 0 Å². The van der Waals surface area contributed by atoms with Gasteiger partial charge in [-0.1, -0.05) is 0 Å². The number of aryl methyl sites for hydroxylation is 1. The molecule has 0 N–H and O–H groups in total. The highest BCUT2D eigenvalue weighted by Crippen LogP contribution is 2.01. The molecule has 0 aliphatic rings. The SMILES string of the molecule is [2H]C([2H])([2H])c1ccc(C=O)o1. The number of carbonyl (C=O) groups is 1. The average molecular weight is 113 g/mol. The predicted molar refractivity (Wildman–Crippen MR) is 28.8 cm³/mol. The third kappa shape index (κ3) is 0.780. The molecular formula is C6H6O2. The lowest BCUT2D eigenvalue weighted by Crippen LogP contribution is -1.66. The van der Waals surface area contributed by atoms with E-state index in [9.17, 15) is 4.79 Å². The molecule has 0 fully saturated rings. The van der Waals surface area contributed by atoms with Gasteiger partial charge in [-0.2, -0.15) is 0 Å². The van der Waals surface area contributed by atoms with Crippen LogP contribution in [0.1, 0.15) is 20.4 Å². The standard InChI is InChI=1S/C6H6O2/c1-5-2-3-6(4-7)8-5/h2-4H,1H3/i1D3. The van der Waals surface area contributed by atoms with Crippen molar-refractivity contribution in [3.8, 4) is 0 Å². The van der Waals surface area contributed by atoms with Gasteiger partial charge in [0.05, 0.1) is 0 Å². The van der Waals surface area contributed by atoms with Crippen molar-refractivity contribution in [1.82, 2.24) is 0 Å². The maximum absolute atomic E-state index is 10.1. The van der Waals surface area contributed by atoms with E-state index < -0.39 is 6.85 Å². The largest absolute Gasteiger partial charge is 0.459 e. The van der Waals surface area contributed by atoms with Crippen LogP contribution in [-0.2, 0) is 0 Å². The van der Waals surface area contributed by atoms with Crippen LogP contribution in [0, 0.1) is 6.85 Å². The van der Waals surface area contributed by atoms with Gasteiger partial charge in [-0.15, -0.1) is 0 Å². The van der Waals surface area contributed by atoms with Crippen LogP contribution in [0.3, 0.4) is 0 Å². The van der Waals surface area contributed by atoms with Crippen molar-refractivity contribution in [1.29, 1.82) is 0 Å². The van der Waals surface area contributed by atoms with Gasteiger partial charge in [0.15, 0.2) is 12.0 Å². The Morgan fingerprint density at radius 2 is 2.75 bits per heavy atom. The number of aldehydes is 1. The maximum atomic E-state index is 10.1. The summed E-state index contributed by atoms with van der Waals surface area (Å²) in [7, 11) is 0. The number of carbonyl (C=O) groups excluding carboxylic acids is 1. The Hall–Kier alpha value is -1.05. The molecule has 1 aromatic heterocycles. The van der Waals surface area contributed by atoms with E-state index in [0.717, 1.165) is 0 Å². The fourth-order valence-electron chi connectivity index (χ4n) is 0.416. The first kappa shape index (κ1) is 2.49. The van der Waals surface area contributed by atoms with E-state index in [1.54, 1.807) is 0 Å². The smallest absolute Gasteiger partial charge is 0.185 e. The highest BCUT2D eigenvalue weighted by molar-refractivity contribution is 5.70. The molecule has 0 amide bonds. The average Bonchev–Trinajstić information content (AvgIpc) is 2.32. The molecule has 0 saturated carbocycles. The topological polar surface area (TPSA) is 30.2 Å². The summed E-state index contributed by atoms with van der Waals surface area (Å²) in [6.45, 7) is -2.26. The molecule has 1 heterocycles. The predicted octanol–water partition coefficient (Wildman–Crippen LogP) is 1.40. The van der Waals surface area contributed by atoms with Crippen LogP contribution in [-0.4, -0.2) is 6.29 Å². The first-order chi connectivity index (χ1) is 5.04. The van der Waals surface area contributed by atoms with E-state index in [2.05, 4.69) is 4.42 Å². The van der Waals surface area contributed by atoms with Crippen LogP contribution in [0.2, 0.25) is 0 Å². The Bertz CT molecular complexity index is 261. The molecule has 2 heteroatoms. The van der Waals surface area contributed by atoms with Gasteiger partial charge in [-0.25, -0.2) is 0 Å². The fraction of sp³-hybridized carbons (Fsp3) is 0.167. The maximum Gasteiger partial charge on any atom is 0.185 e. The van der Waals surface area contributed by atoms with Crippen molar-refractivity contribution in [3.63, 3.8) is 0 Å². The molecule has 42 valence electrons. The summed E-state index contributed by atoms with van der Waals surface area (Å²) in [6, 6.07) is 2.60. The molecule has 1 rings (SSSR count). The van der Waals surface area contributed by atoms with Gasteiger partial charge in [0.25, 0.3) is 0 Å². The van der Waals surface area contributed by atoms with Gasteiger partial charge >= 0.3 is 0 Å². The first-order valence-corrected chi connectivity index (χ1v) is 2.09. The lowest BCUT2D eigenvalue weighted by molar-refractivity contribution is 0.109. The molecule has 0 bridgehead atoms. The van der Waals surface area contributed by atoms with Gasteiger partial charge in [0, 0.05) is 4.11 Å². The summed E-state index contributed by atoms with van der Waals surface area (Å²) in [4.78, 5) is 10.1. The molecule has 0 aromatic carbocycles. The van der Waals surface area contributed by atoms with Gasteiger partial charge < -0.3 is 4.42 Å². The van der Waals surface area contributed by atoms with E-state index in [1.807, 2.05) is 0 Å². The van der Waals surface area contributed by atoms with Crippen LogP contribution in [0.25, 0.3) is 0 Å². The normalized spacial score (nSPS) is 16.2. The first-order valence-electron chi connectivity index (χ1n) is 3.59. The van der Waals surface area contributed by atoms with Crippen LogP contribution < -0.4 is 0 Å². The quantitative estimate of drug-likeness (QED) is 0.515. The van der Waals surface area contributed by atoms with E-state index >= 15 is 0 Å². The Morgan fingerprint density at radius 3 is 3.12 bits per heavy atom. The van der Waals surface area contributed by atoms with Crippen LogP contribution in [0.4, 0.5) is 0 Å². The zero-order valence-electron chi connectivity index (χ0n) is 7.05. The summed E-state index contributed by atoms with van der Waals surface area (Å²) in [5.41, 5.74) is 0. The minimum absolute atomic E-state index is 0.0381. The summed E-state index contributed by atoms with van der Waals surface area (Å²) in [6.07, 6.45) is 0.468. The van der Waals surface area contributed by atoms with Crippen LogP contribution >= 0.6 is 0 Å². The lowest BCUT2D eigenvalue weighted by atomic mass is 10.5. The Balaban J connectivity index is 2.98. The van der Waals surface area contributed by atoms with E-state index in [0.29, 0.717) is 6.29 Å². The second-order valence-corrected chi connectivity index (χ2v) is 1.32. The monoisotopic (exact) mass is 113 g/mol. The van der Waals surface area contributed by atoms with Crippen molar-refractivity contribution in [2.24, 2.45) is 0 Å². The van der Waals surface area contributed by atoms with Gasteiger partial charge in [0.2, 0.25) is 0 Å². The number of hydrogen-bond acceptors (Lipinski definition) is 2. The molecule has 0 aliphatic heterocycles. The minimum atomic E-state index is -2.26. The van der Waals surface area contributed by atoms with E-state index in [-0.39, 0.29) is 11.5 Å². The molecule has 0 saturated heterocycles. The van der Waals surface area contributed by atoms with E-state index in [1.165, 1.54) is 12.1 Å². The Kier molecular flexibility index (Phi) is 0.565. The number of hydrogen-bond donors (Lipinski definition) is 0. The van der Waals surface area contributed by atoms with E-state index in [4.69, 9.17) is 4.11 Å². The third-order valence-corrected chi connectivity index (χ3v) is 0.743. The van der Waals surface area contributed by atoms with Crippen molar-refractivity contribution >= 4 is 6.29 Å². The number of rotatable bonds is 1. The molecule has 0 radical (unpaired) electrons. The van der Waals surface area contributed by atoms with Crippen molar-refractivity contribution in [3.05, 3.63) is 23.7 Å². The Morgan fingerprint density at radius 1 is 1.88 bits per heavy atom. The lowest BCUT2D eigenvalue weighted by Gasteiger charge is -1.75. The summed E-state index contributed by atoms with van der Waals surface area (Å²) >= 11 is 0. The summed E-state index contributed by atoms with van der Waals surface area (Å²) < 4.78 is 25.3. The molecule has 0 aliphatic carbocycles. The molecule has 8 heavy (non-hydrogen) atoms. The highest BCUT2D eigenvalue weighted by Gasteiger charge is 1.91. The van der Waals surface area contributed by atoms with Gasteiger partial charge in [-0.05, 0) is 19.0 Å². The molecule has 0 spiro atoms. The second-order valence-electron chi connectivity index (χ2n) is 1.32. The zero-order valence-corrected chi connectivity index (χ0v) is 4.05. The molecule has 1 aromatic rings. The van der Waals surface area contributed by atoms with Crippen LogP contribution in [0.15, 0.2) is 16.5 Å². The summed E-state index contributed by atoms with van der Waals surface area (Å²) in [5, 5.41) is 0. The Labute approximate surface area is 51.3 Å². The van der Waals surface area contributed by atoms with Gasteiger partial charge in [0.1, 0.15) is 5.76 Å². The summed E-state index contributed by atoms with van der Waals surface area (Å²) in [5.74, 6) is -0.115. The zero-order chi connectivity index (χ0) is 8.48. The molecule has 2 nitrogen and oxygen atoms in total. The van der Waals surface area contributed by atoms with Crippen molar-refractivity contribution < 1.29 is 13.3 Å². The second kappa shape index (κ2) is 1.82.